The number of hydrogen-bond acceptors (Lipinski definition) is 3. The molecule has 2 aromatic heterocycles. The zero-order chi connectivity index (χ0) is 27.2. The van der Waals surface area contributed by atoms with Crippen LogP contribution in [0.1, 0.15) is 68.1 Å². The number of aryl methyl sites for hydroxylation is 2. The van der Waals surface area contributed by atoms with Crippen molar-refractivity contribution in [3.63, 3.8) is 0 Å². The van der Waals surface area contributed by atoms with Gasteiger partial charge in [-0.05, 0) is 61.9 Å². The lowest BCUT2D eigenvalue weighted by Crippen LogP contribution is -2.27. The number of anilines is 1. The van der Waals surface area contributed by atoms with E-state index in [0.29, 0.717) is 11.6 Å². The van der Waals surface area contributed by atoms with Gasteiger partial charge in [0, 0.05) is 37.2 Å². The highest BCUT2D eigenvalue weighted by Gasteiger charge is 2.35. The summed E-state index contributed by atoms with van der Waals surface area (Å²) >= 11 is 0. The number of imidazole rings is 1. The molecule has 1 aliphatic rings. The van der Waals surface area contributed by atoms with Crippen molar-refractivity contribution < 1.29 is 17.6 Å². The monoisotopic (exact) mass is 525 g/mol. The van der Waals surface area contributed by atoms with Crippen LogP contribution < -0.4 is 4.90 Å². The van der Waals surface area contributed by atoms with Crippen molar-refractivity contribution >= 4 is 5.69 Å². The molecule has 2 aromatic carbocycles. The van der Waals surface area contributed by atoms with Crippen molar-refractivity contribution in [2.24, 2.45) is 0 Å². The quantitative estimate of drug-likeness (QED) is 0.244. The summed E-state index contributed by atoms with van der Waals surface area (Å²) in [6, 6.07) is 12.9. The van der Waals surface area contributed by atoms with Crippen molar-refractivity contribution in [2.45, 2.75) is 64.7 Å². The molecule has 5 nitrogen and oxygen atoms in total. The van der Waals surface area contributed by atoms with Gasteiger partial charge >= 0.3 is 6.18 Å². The number of benzene rings is 2. The molecular weight excluding hydrogens is 494 g/mol. The molecule has 0 amide bonds. The van der Waals surface area contributed by atoms with E-state index < -0.39 is 17.7 Å². The third kappa shape index (κ3) is 4.70. The minimum absolute atomic E-state index is 0.00146. The molecule has 0 bridgehead atoms. The van der Waals surface area contributed by atoms with Gasteiger partial charge in [-0.25, -0.2) is 14.1 Å². The third-order valence-electron chi connectivity index (χ3n) is 7.35. The Balaban J connectivity index is 1.47. The van der Waals surface area contributed by atoms with Crippen LogP contribution in [0.5, 0.6) is 0 Å². The molecule has 4 aromatic rings. The predicted molar refractivity (Wildman–Crippen MR) is 140 cm³/mol. The van der Waals surface area contributed by atoms with Crippen LogP contribution in [0.25, 0.3) is 17.1 Å². The van der Waals surface area contributed by atoms with Gasteiger partial charge in [0.1, 0.15) is 11.6 Å². The summed E-state index contributed by atoms with van der Waals surface area (Å²) in [5.41, 5.74) is 4.08. The fourth-order valence-electron chi connectivity index (χ4n) is 5.32. The van der Waals surface area contributed by atoms with E-state index in [-0.39, 0.29) is 24.0 Å². The average Bonchev–Trinajstić information content (AvgIpc) is 3.52. The van der Waals surface area contributed by atoms with Crippen molar-refractivity contribution in [1.82, 2.24) is 19.3 Å². The highest BCUT2D eigenvalue weighted by molar-refractivity contribution is 5.63. The Morgan fingerprint density at radius 1 is 1.11 bits per heavy atom. The lowest BCUT2D eigenvalue weighted by atomic mass is 9.92. The smallest absolute Gasteiger partial charge is 0.367 e. The highest BCUT2D eigenvalue weighted by atomic mass is 19.4. The van der Waals surface area contributed by atoms with E-state index in [9.17, 15) is 13.2 Å². The molecular formula is C29H31F4N5. The molecule has 0 fully saturated rings. The van der Waals surface area contributed by atoms with Gasteiger partial charge in [0.05, 0.1) is 23.0 Å². The summed E-state index contributed by atoms with van der Waals surface area (Å²) in [4.78, 5) is 5.73. The Kier molecular flexibility index (Phi) is 6.79. The molecule has 1 atom stereocenters. The van der Waals surface area contributed by atoms with E-state index in [1.165, 1.54) is 22.3 Å². The Bertz CT molecular complexity index is 1450. The third-order valence-corrected chi connectivity index (χ3v) is 7.35. The van der Waals surface area contributed by atoms with Crippen molar-refractivity contribution in [3.8, 4) is 17.1 Å². The molecule has 1 unspecified atom stereocenters. The van der Waals surface area contributed by atoms with E-state index in [4.69, 9.17) is 5.10 Å². The van der Waals surface area contributed by atoms with Gasteiger partial charge in [-0.15, -0.1) is 0 Å². The summed E-state index contributed by atoms with van der Waals surface area (Å²) in [6.45, 7) is 6.27. The van der Waals surface area contributed by atoms with E-state index >= 15 is 4.39 Å². The molecule has 5 rings (SSSR count). The fraction of sp³-hybridized carbons (Fsp3) is 0.379. The number of rotatable bonds is 6. The first-order chi connectivity index (χ1) is 18.1. The van der Waals surface area contributed by atoms with Crippen LogP contribution in [-0.2, 0) is 19.1 Å². The van der Waals surface area contributed by atoms with Crippen LogP contribution in [0.4, 0.5) is 23.2 Å². The SMILES string of the molecule is CCn1cc(C(F)(F)F)nc1-c1ccc(N(C)C2CCCc3nn(-c4ccccc4C(C)C)cc32)cc1F. The van der Waals surface area contributed by atoms with E-state index in [1.54, 1.807) is 13.0 Å². The van der Waals surface area contributed by atoms with E-state index in [1.807, 2.05) is 28.8 Å². The molecule has 2 heterocycles. The zero-order valence-corrected chi connectivity index (χ0v) is 21.9. The highest BCUT2D eigenvalue weighted by Crippen LogP contribution is 2.38. The number of aromatic nitrogens is 4. The summed E-state index contributed by atoms with van der Waals surface area (Å²) in [5, 5.41) is 4.92. The minimum Gasteiger partial charge on any atom is -0.367 e. The maximum absolute atomic E-state index is 15.3. The summed E-state index contributed by atoms with van der Waals surface area (Å²) in [7, 11) is 1.92. The van der Waals surface area contributed by atoms with E-state index in [2.05, 4.69) is 37.2 Å². The van der Waals surface area contributed by atoms with Gasteiger partial charge in [-0.2, -0.15) is 18.3 Å². The minimum atomic E-state index is -4.59. The number of alkyl halides is 3. The van der Waals surface area contributed by atoms with Gasteiger partial charge in [0.2, 0.25) is 0 Å². The Hall–Kier alpha value is -3.62. The van der Waals surface area contributed by atoms with Crippen LogP contribution in [0, 0.1) is 5.82 Å². The number of hydrogen-bond donors (Lipinski definition) is 0. The number of halogens is 4. The number of nitrogens with zero attached hydrogens (tertiary/aromatic N) is 5. The summed E-state index contributed by atoms with van der Waals surface area (Å²) in [6.07, 6.45) is 1.14. The Morgan fingerprint density at radius 3 is 2.55 bits per heavy atom. The molecule has 9 heteroatoms. The first-order valence-electron chi connectivity index (χ1n) is 12.9. The molecule has 0 aliphatic heterocycles. The van der Waals surface area contributed by atoms with Gasteiger partial charge < -0.3 is 9.47 Å². The lowest BCUT2D eigenvalue weighted by Gasteiger charge is -2.32. The summed E-state index contributed by atoms with van der Waals surface area (Å²) in [5.74, 6) is -0.291. The standard InChI is InChI=1S/C29H31F4N5/c1-5-37-17-27(29(31,32)33)34-28(37)21-14-13-19(15-23(21)30)36(4)25-12-8-10-24-22(25)16-38(35-24)26-11-7-6-9-20(26)18(2)3/h6-7,9,11,13-18,25H,5,8,10,12H2,1-4H3. The molecule has 38 heavy (non-hydrogen) atoms. The van der Waals surface area contributed by atoms with Gasteiger partial charge in [0.15, 0.2) is 5.69 Å². The maximum atomic E-state index is 15.3. The predicted octanol–water partition coefficient (Wildman–Crippen LogP) is 7.55. The Labute approximate surface area is 219 Å². The second-order valence-corrected chi connectivity index (χ2v) is 10.1. The summed E-state index contributed by atoms with van der Waals surface area (Å²) < 4.78 is 58.3. The van der Waals surface area contributed by atoms with Crippen LogP contribution in [0.2, 0.25) is 0 Å². The topological polar surface area (TPSA) is 38.9 Å². The second kappa shape index (κ2) is 9.93. The van der Waals surface area contributed by atoms with Gasteiger partial charge in [-0.1, -0.05) is 32.0 Å². The molecule has 200 valence electrons. The zero-order valence-electron chi connectivity index (χ0n) is 21.9. The molecule has 0 radical (unpaired) electrons. The number of para-hydroxylation sites is 1. The Morgan fingerprint density at radius 2 is 1.87 bits per heavy atom. The van der Waals surface area contributed by atoms with Crippen molar-refractivity contribution in [1.29, 1.82) is 0 Å². The molecule has 1 aliphatic carbocycles. The van der Waals surface area contributed by atoms with Crippen LogP contribution in [-0.4, -0.2) is 26.4 Å². The molecule has 0 N–H and O–H groups in total. The average molecular weight is 526 g/mol. The van der Waals surface area contributed by atoms with Gasteiger partial charge in [0.25, 0.3) is 0 Å². The fourth-order valence-corrected chi connectivity index (χ4v) is 5.32. The molecule has 0 saturated heterocycles. The molecule has 0 saturated carbocycles. The number of fused-ring (bicyclic) bond motifs is 1. The first kappa shape index (κ1) is 26.0. The van der Waals surface area contributed by atoms with Crippen molar-refractivity contribution in [2.75, 3.05) is 11.9 Å². The molecule has 0 spiro atoms. The van der Waals surface area contributed by atoms with Crippen LogP contribution in [0.15, 0.2) is 54.9 Å². The normalized spacial score (nSPS) is 15.7. The van der Waals surface area contributed by atoms with E-state index in [0.717, 1.165) is 42.4 Å². The second-order valence-electron chi connectivity index (χ2n) is 10.1. The first-order valence-corrected chi connectivity index (χ1v) is 12.9. The van der Waals surface area contributed by atoms with Crippen LogP contribution >= 0.6 is 0 Å². The maximum Gasteiger partial charge on any atom is 0.434 e. The lowest BCUT2D eigenvalue weighted by molar-refractivity contribution is -0.140. The largest absolute Gasteiger partial charge is 0.434 e. The van der Waals surface area contributed by atoms with Crippen molar-refractivity contribution in [3.05, 3.63) is 83.2 Å². The van der Waals surface area contributed by atoms with Gasteiger partial charge in [-0.3, -0.25) is 0 Å². The van der Waals surface area contributed by atoms with Crippen LogP contribution in [0.3, 0.4) is 0 Å².